The summed E-state index contributed by atoms with van der Waals surface area (Å²) in [5.41, 5.74) is 7.18. The Morgan fingerprint density at radius 3 is 2.75 bits per heavy atom. The highest BCUT2D eigenvalue weighted by Crippen LogP contribution is 2.31. The molecule has 0 aliphatic carbocycles. The summed E-state index contributed by atoms with van der Waals surface area (Å²) < 4.78 is 13.1. The summed E-state index contributed by atoms with van der Waals surface area (Å²) in [5.74, 6) is -0.948. The standard InChI is InChI=1S/C12H16FNO.ClH/c1-3-4-5-10(14)11-8(2)6-7-9(13)12(11)15;/h3,6-7,10,15H,1,4-5,14H2,2H3;1H/t10-;/m1./s1. The van der Waals surface area contributed by atoms with E-state index >= 15 is 0 Å². The summed E-state index contributed by atoms with van der Waals surface area (Å²) >= 11 is 0. The first-order chi connectivity index (χ1) is 7.07. The van der Waals surface area contributed by atoms with Crippen molar-refractivity contribution in [2.45, 2.75) is 25.8 Å². The molecular weight excluding hydrogens is 229 g/mol. The lowest BCUT2D eigenvalue weighted by Gasteiger charge is -2.15. The van der Waals surface area contributed by atoms with Crippen LogP contribution in [0.2, 0.25) is 0 Å². The monoisotopic (exact) mass is 245 g/mol. The van der Waals surface area contributed by atoms with Gasteiger partial charge < -0.3 is 10.8 Å². The van der Waals surface area contributed by atoms with Gasteiger partial charge in [0, 0.05) is 11.6 Å². The third-order valence-electron chi connectivity index (χ3n) is 2.44. The summed E-state index contributed by atoms with van der Waals surface area (Å²) in [6, 6.07) is 2.52. The van der Waals surface area contributed by atoms with E-state index in [-0.39, 0.29) is 24.2 Å². The normalized spacial score (nSPS) is 11.7. The summed E-state index contributed by atoms with van der Waals surface area (Å²) in [4.78, 5) is 0. The molecule has 2 nitrogen and oxygen atoms in total. The van der Waals surface area contributed by atoms with Crippen LogP contribution in [0, 0.1) is 12.7 Å². The molecular formula is C12H17ClFNO. The maximum absolute atomic E-state index is 13.1. The number of aromatic hydroxyl groups is 1. The van der Waals surface area contributed by atoms with Crippen LogP contribution in [0.5, 0.6) is 5.75 Å². The predicted molar refractivity (Wildman–Crippen MR) is 66.4 cm³/mol. The van der Waals surface area contributed by atoms with E-state index in [2.05, 4.69) is 6.58 Å². The molecule has 0 amide bonds. The fourth-order valence-electron chi connectivity index (χ4n) is 1.59. The molecule has 1 rings (SSSR count). The molecule has 4 heteroatoms. The van der Waals surface area contributed by atoms with E-state index in [4.69, 9.17) is 5.73 Å². The molecule has 1 aromatic rings. The molecule has 0 unspecified atom stereocenters. The Labute approximate surface area is 101 Å². The smallest absolute Gasteiger partial charge is 0.165 e. The first kappa shape index (κ1) is 14.9. The van der Waals surface area contributed by atoms with Gasteiger partial charge in [-0.2, -0.15) is 0 Å². The number of rotatable bonds is 4. The van der Waals surface area contributed by atoms with Gasteiger partial charge in [-0.25, -0.2) is 4.39 Å². The molecule has 0 saturated carbocycles. The van der Waals surface area contributed by atoms with Crippen LogP contribution < -0.4 is 5.73 Å². The largest absolute Gasteiger partial charge is 0.505 e. The van der Waals surface area contributed by atoms with E-state index in [1.807, 2.05) is 6.92 Å². The van der Waals surface area contributed by atoms with Gasteiger partial charge in [-0.05, 0) is 31.4 Å². The van der Waals surface area contributed by atoms with E-state index in [0.29, 0.717) is 12.0 Å². The van der Waals surface area contributed by atoms with Crippen molar-refractivity contribution in [2.75, 3.05) is 0 Å². The molecule has 0 aliphatic heterocycles. The SMILES string of the molecule is C=CCC[C@@H](N)c1c(C)ccc(F)c1O.Cl. The van der Waals surface area contributed by atoms with Crippen molar-refractivity contribution >= 4 is 12.4 Å². The van der Waals surface area contributed by atoms with Gasteiger partial charge in [0.05, 0.1) is 0 Å². The Balaban J connectivity index is 0.00000225. The molecule has 0 bridgehead atoms. The third-order valence-corrected chi connectivity index (χ3v) is 2.44. The van der Waals surface area contributed by atoms with Gasteiger partial charge in [-0.1, -0.05) is 12.1 Å². The first-order valence-corrected chi connectivity index (χ1v) is 4.92. The highest BCUT2D eigenvalue weighted by Gasteiger charge is 2.16. The van der Waals surface area contributed by atoms with Crippen LogP contribution in [0.3, 0.4) is 0 Å². The lowest BCUT2D eigenvalue weighted by molar-refractivity contribution is 0.418. The maximum atomic E-state index is 13.1. The number of benzene rings is 1. The molecule has 1 atom stereocenters. The van der Waals surface area contributed by atoms with Crippen molar-refractivity contribution in [1.29, 1.82) is 0 Å². The van der Waals surface area contributed by atoms with E-state index in [0.717, 1.165) is 12.0 Å². The third kappa shape index (κ3) is 3.22. The minimum atomic E-state index is -0.621. The molecule has 1 aromatic carbocycles. The van der Waals surface area contributed by atoms with Gasteiger partial charge in [0.2, 0.25) is 0 Å². The van der Waals surface area contributed by atoms with Gasteiger partial charge in [-0.15, -0.1) is 19.0 Å². The lowest BCUT2D eigenvalue weighted by Crippen LogP contribution is -2.12. The van der Waals surface area contributed by atoms with Gasteiger partial charge in [0.1, 0.15) is 0 Å². The van der Waals surface area contributed by atoms with Crippen molar-refractivity contribution in [2.24, 2.45) is 5.73 Å². The second kappa shape index (κ2) is 6.51. The molecule has 16 heavy (non-hydrogen) atoms. The molecule has 0 heterocycles. The van der Waals surface area contributed by atoms with Crippen molar-refractivity contribution in [3.05, 3.63) is 41.7 Å². The van der Waals surface area contributed by atoms with Crippen LogP contribution in [0.15, 0.2) is 24.8 Å². The van der Waals surface area contributed by atoms with Crippen molar-refractivity contribution in [3.63, 3.8) is 0 Å². The number of phenolic OH excluding ortho intramolecular Hbond substituents is 1. The van der Waals surface area contributed by atoms with E-state index in [1.54, 1.807) is 12.1 Å². The van der Waals surface area contributed by atoms with E-state index in [1.165, 1.54) is 6.07 Å². The highest BCUT2D eigenvalue weighted by molar-refractivity contribution is 5.85. The average Bonchev–Trinajstić information content (AvgIpc) is 2.21. The number of nitrogens with two attached hydrogens (primary N) is 1. The Hall–Kier alpha value is -1.06. The Kier molecular flexibility index (Phi) is 6.08. The number of hydrogen-bond acceptors (Lipinski definition) is 2. The van der Waals surface area contributed by atoms with Crippen LogP contribution in [0.1, 0.15) is 30.0 Å². The zero-order valence-electron chi connectivity index (χ0n) is 9.24. The number of hydrogen-bond donors (Lipinski definition) is 2. The fourth-order valence-corrected chi connectivity index (χ4v) is 1.59. The molecule has 0 aromatic heterocycles. The Bertz CT molecular complexity index is 368. The lowest BCUT2D eigenvalue weighted by atomic mass is 9.97. The van der Waals surface area contributed by atoms with Crippen molar-refractivity contribution in [1.82, 2.24) is 0 Å². The Morgan fingerprint density at radius 1 is 1.56 bits per heavy atom. The van der Waals surface area contributed by atoms with Crippen LogP contribution in [0.25, 0.3) is 0 Å². The first-order valence-electron chi connectivity index (χ1n) is 4.92. The number of allylic oxidation sites excluding steroid dienone is 1. The van der Waals surface area contributed by atoms with Crippen LogP contribution in [0.4, 0.5) is 4.39 Å². The fraction of sp³-hybridized carbons (Fsp3) is 0.333. The van der Waals surface area contributed by atoms with Crippen molar-refractivity contribution < 1.29 is 9.50 Å². The topological polar surface area (TPSA) is 46.2 Å². The molecule has 0 radical (unpaired) electrons. The molecule has 0 saturated heterocycles. The van der Waals surface area contributed by atoms with Crippen LogP contribution in [-0.4, -0.2) is 5.11 Å². The van der Waals surface area contributed by atoms with Gasteiger partial charge in [0.25, 0.3) is 0 Å². The number of aryl methyl sites for hydroxylation is 1. The summed E-state index contributed by atoms with van der Waals surface area (Å²) in [7, 11) is 0. The summed E-state index contributed by atoms with van der Waals surface area (Å²) in [5, 5.41) is 9.57. The van der Waals surface area contributed by atoms with Crippen molar-refractivity contribution in [3.8, 4) is 5.75 Å². The zero-order valence-corrected chi connectivity index (χ0v) is 10.1. The van der Waals surface area contributed by atoms with Crippen LogP contribution >= 0.6 is 12.4 Å². The van der Waals surface area contributed by atoms with E-state index in [9.17, 15) is 9.50 Å². The molecule has 3 N–H and O–H groups in total. The van der Waals surface area contributed by atoms with Gasteiger partial charge in [0.15, 0.2) is 11.6 Å². The average molecular weight is 246 g/mol. The number of halogens is 2. The second-order valence-electron chi connectivity index (χ2n) is 3.60. The molecule has 0 aliphatic rings. The second-order valence-corrected chi connectivity index (χ2v) is 3.60. The van der Waals surface area contributed by atoms with Gasteiger partial charge >= 0.3 is 0 Å². The predicted octanol–water partition coefficient (Wildman–Crippen LogP) is 3.23. The highest BCUT2D eigenvalue weighted by atomic mass is 35.5. The van der Waals surface area contributed by atoms with Gasteiger partial charge in [-0.3, -0.25) is 0 Å². The summed E-state index contributed by atoms with van der Waals surface area (Å²) in [6.07, 6.45) is 3.16. The van der Waals surface area contributed by atoms with Crippen LogP contribution in [-0.2, 0) is 0 Å². The molecule has 0 spiro atoms. The molecule has 90 valence electrons. The van der Waals surface area contributed by atoms with E-state index < -0.39 is 5.82 Å². The zero-order chi connectivity index (χ0) is 11.4. The molecule has 0 fully saturated rings. The Morgan fingerprint density at radius 2 is 2.19 bits per heavy atom. The minimum Gasteiger partial charge on any atom is -0.505 e. The summed E-state index contributed by atoms with van der Waals surface area (Å²) in [6.45, 7) is 5.40. The minimum absolute atomic E-state index is 0. The maximum Gasteiger partial charge on any atom is 0.165 e. The number of phenols is 1. The quantitative estimate of drug-likeness (QED) is 0.800.